The monoisotopic (exact) mass is 587 g/mol. The Morgan fingerprint density at radius 3 is 2.55 bits per heavy atom. The lowest BCUT2D eigenvalue weighted by Crippen LogP contribution is -2.68. The number of carbonyl (C=O) groups excluding carboxylic acids is 2. The SMILES string of the molecule is CO[C@@H]1C[C@H](O[C@@H]2CC[C@]3(C#N)[C@@H]4CC[C@]5(C)[C@H](C6=CC(=O)OC6)CC[C@]5(O)[C@@H]4CC[C@]3(O)C2)O[C@@H](C)[C@@H]1OC(C)=O. The lowest BCUT2D eigenvalue weighted by molar-refractivity contribution is -0.288. The Labute approximate surface area is 247 Å². The van der Waals surface area contributed by atoms with Gasteiger partial charge in [-0.15, -0.1) is 0 Å². The molecule has 0 aromatic rings. The van der Waals surface area contributed by atoms with E-state index in [1.807, 2.05) is 6.92 Å². The average molecular weight is 588 g/mol. The quantitative estimate of drug-likeness (QED) is 0.363. The van der Waals surface area contributed by atoms with E-state index < -0.39 is 46.5 Å². The van der Waals surface area contributed by atoms with Crippen LogP contribution in [0.3, 0.4) is 0 Å². The summed E-state index contributed by atoms with van der Waals surface area (Å²) in [6, 6.07) is 2.62. The smallest absolute Gasteiger partial charge is 0.331 e. The number of nitriles is 1. The van der Waals surface area contributed by atoms with Crippen LogP contribution < -0.4 is 0 Å². The van der Waals surface area contributed by atoms with Crippen molar-refractivity contribution in [2.45, 2.75) is 127 Å². The largest absolute Gasteiger partial charge is 0.458 e. The van der Waals surface area contributed by atoms with Crippen molar-refractivity contribution >= 4 is 11.9 Å². The molecule has 2 aliphatic heterocycles. The molecule has 0 unspecified atom stereocenters. The minimum atomic E-state index is -1.23. The van der Waals surface area contributed by atoms with Gasteiger partial charge in [0.1, 0.15) is 12.7 Å². The van der Waals surface area contributed by atoms with E-state index in [0.717, 1.165) is 24.8 Å². The topological polar surface area (TPSA) is 145 Å². The van der Waals surface area contributed by atoms with E-state index in [2.05, 4.69) is 13.0 Å². The Balaban J connectivity index is 1.18. The van der Waals surface area contributed by atoms with Gasteiger partial charge in [0.25, 0.3) is 0 Å². The predicted octanol–water partition coefficient (Wildman–Crippen LogP) is 3.33. The highest BCUT2D eigenvalue weighted by molar-refractivity contribution is 5.85. The van der Waals surface area contributed by atoms with Crippen LogP contribution in [0.4, 0.5) is 0 Å². The predicted molar refractivity (Wildman–Crippen MR) is 147 cm³/mol. The van der Waals surface area contributed by atoms with E-state index in [-0.39, 0.29) is 35.9 Å². The number of cyclic esters (lactones) is 1. The Kier molecular flexibility index (Phi) is 7.54. The molecule has 4 saturated carbocycles. The minimum absolute atomic E-state index is 0.0761. The number of methoxy groups -OCH3 is 1. The summed E-state index contributed by atoms with van der Waals surface area (Å²) < 4.78 is 28.7. The van der Waals surface area contributed by atoms with Gasteiger partial charge in [0.2, 0.25) is 0 Å². The Hall–Kier alpha value is -2.03. The highest BCUT2D eigenvalue weighted by Gasteiger charge is 2.72. The second-order valence-electron chi connectivity index (χ2n) is 14.0. The number of nitrogens with zero attached hydrogens (tertiary/aromatic N) is 1. The highest BCUT2D eigenvalue weighted by atomic mass is 16.7. The maximum absolute atomic E-state index is 12.4. The third-order valence-corrected chi connectivity index (χ3v) is 12.3. The van der Waals surface area contributed by atoms with Crippen molar-refractivity contribution in [3.05, 3.63) is 11.6 Å². The molecule has 232 valence electrons. The molecule has 0 aromatic carbocycles. The van der Waals surface area contributed by atoms with Gasteiger partial charge in [0, 0.05) is 38.4 Å². The molecule has 6 rings (SSSR count). The summed E-state index contributed by atoms with van der Waals surface area (Å²) >= 11 is 0. The first-order valence-electron chi connectivity index (χ1n) is 15.6. The van der Waals surface area contributed by atoms with Gasteiger partial charge >= 0.3 is 11.9 Å². The van der Waals surface area contributed by atoms with Crippen LogP contribution in [-0.4, -0.2) is 77.8 Å². The second kappa shape index (κ2) is 10.6. The molecule has 4 aliphatic carbocycles. The van der Waals surface area contributed by atoms with Crippen molar-refractivity contribution in [3.63, 3.8) is 0 Å². The van der Waals surface area contributed by atoms with Crippen LogP contribution in [0.25, 0.3) is 0 Å². The maximum Gasteiger partial charge on any atom is 0.331 e. The standard InChI is InChI=1S/C32H45NO9/c1-18-28(41-19(2)34)25(38-4)14-27(40-18)42-21-5-10-30(17-33)23-6-9-29(3)22(20-13-26(35)39-16-20)8-12-32(29,37)24(23)7-11-31(30,36)15-21/h13,18,21-25,27-28,36-37H,5-12,14-16H2,1-4H3/t18-,21+,22-,23+,24+,25+,27-,28-,29+,30-,31-,32-/m0/s1. The zero-order valence-corrected chi connectivity index (χ0v) is 25.2. The molecule has 42 heavy (non-hydrogen) atoms. The van der Waals surface area contributed by atoms with Gasteiger partial charge in [-0.25, -0.2) is 4.79 Å². The Morgan fingerprint density at radius 2 is 1.88 bits per heavy atom. The van der Waals surface area contributed by atoms with E-state index >= 15 is 0 Å². The van der Waals surface area contributed by atoms with Gasteiger partial charge in [-0.2, -0.15) is 5.26 Å². The number of ether oxygens (including phenoxy) is 5. The average Bonchev–Trinajstić information content (AvgIpc) is 3.48. The molecule has 2 N–H and O–H groups in total. The number of aliphatic hydroxyl groups is 2. The van der Waals surface area contributed by atoms with Crippen molar-refractivity contribution < 1.29 is 43.5 Å². The molecule has 0 amide bonds. The molecule has 0 bridgehead atoms. The molecule has 12 atom stereocenters. The van der Waals surface area contributed by atoms with Crippen molar-refractivity contribution in [1.29, 1.82) is 5.26 Å². The van der Waals surface area contributed by atoms with Crippen LogP contribution in [0.15, 0.2) is 11.6 Å². The molecular formula is C32H45NO9. The first kappa shape index (κ1) is 30.0. The van der Waals surface area contributed by atoms with Gasteiger partial charge in [-0.3, -0.25) is 4.79 Å². The summed E-state index contributed by atoms with van der Waals surface area (Å²) in [6.07, 6.45) is 5.16. The normalized spacial score (nSPS) is 50.0. The molecule has 2 heterocycles. The van der Waals surface area contributed by atoms with E-state index in [1.165, 1.54) is 6.92 Å². The summed E-state index contributed by atoms with van der Waals surface area (Å²) in [5.41, 5.74) is -2.59. The molecule has 1 saturated heterocycles. The summed E-state index contributed by atoms with van der Waals surface area (Å²) in [4.78, 5) is 23.4. The van der Waals surface area contributed by atoms with E-state index in [0.29, 0.717) is 51.6 Å². The van der Waals surface area contributed by atoms with Gasteiger partial charge in [-0.05, 0) is 81.6 Å². The lowest BCUT2D eigenvalue weighted by atomic mass is 9.41. The lowest BCUT2D eigenvalue weighted by Gasteiger charge is -2.64. The summed E-state index contributed by atoms with van der Waals surface area (Å²) in [6.45, 7) is 5.64. The molecule has 10 heteroatoms. The number of fused-ring (bicyclic) bond motifs is 5. The molecular weight excluding hydrogens is 542 g/mol. The van der Waals surface area contributed by atoms with Crippen molar-refractivity contribution in [2.24, 2.45) is 28.6 Å². The second-order valence-corrected chi connectivity index (χ2v) is 14.0. The van der Waals surface area contributed by atoms with Crippen LogP contribution in [0, 0.1) is 39.9 Å². The molecule has 10 nitrogen and oxygen atoms in total. The van der Waals surface area contributed by atoms with Crippen molar-refractivity contribution in [1.82, 2.24) is 0 Å². The van der Waals surface area contributed by atoms with Crippen LogP contribution in [0.1, 0.15) is 85.0 Å². The van der Waals surface area contributed by atoms with E-state index in [1.54, 1.807) is 13.2 Å². The van der Waals surface area contributed by atoms with Crippen LogP contribution in [0.5, 0.6) is 0 Å². The molecule has 5 fully saturated rings. The summed E-state index contributed by atoms with van der Waals surface area (Å²) in [5.74, 6) is -0.844. The molecule has 6 aliphatic rings. The molecule has 0 aromatic heterocycles. The first-order chi connectivity index (χ1) is 19.9. The number of hydrogen-bond donors (Lipinski definition) is 2. The number of hydrogen-bond acceptors (Lipinski definition) is 10. The Bertz CT molecular complexity index is 1180. The van der Waals surface area contributed by atoms with Crippen molar-refractivity contribution in [2.75, 3.05) is 13.7 Å². The zero-order chi connectivity index (χ0) is 30.1. The summed E-state index contributed by atoms with van der Waals surface area (Å²) in [5, 5.41) is 35.4. The molecule has 0 spiro atoms. The maximum atomic E-state index is 12.4. The zero-order valence-electron chi connectivity index (χ0n) is 25.2. The fraction of sp³-hybridized carbons (Fsp3) is 0.844. The van der Waals surface area contributed by atoms with Gasteiger partial charge in [0.05, 0.1) is 34.9 Å². The number of rotatable bonds is 5. The number of esters is 2. The van der Waals surface area contributed by atoms with Crippen molar-refractivity contribution in [3.8, 4) is 6.07 Å². The van der Waals surface area contributed by atoms with Gasteiger partial charge in [0.15, 0.2) is 12.4 Å². The highest BCUT2D eigenvalue weighted by Crippen LogP contribution is 2.70. The van der Waals surface area contributed by atoms with Gasteiger partial charge < -0.3 is 33.9 Å². The summed E-state index contributed by atoms with van der Waals surface area (Å²) in [7, 11) is 1.58. The fourth-order valence-corrected chi connectivity index (χ4v) is 10.3. The van der Waals surface area contributed by atoms with E-state index in [4.69, 9.17) is 23.7 Å². The van der Waals surface area contributed by atoms with Crippen LogP contribution in [-0.2, 0) is 33.3 Å². The third-order valence-electron chi connectivity index (χ3n) is 12.3. The molecule has 0 radical (unpaired) electrons. The van der Waals surface area contributed by atoms with Crippen LogP contribution in [0.2, 0.25) is 0 Å². The Morgan fingerprint density at radius 1 is 1.12 bits per heavy atom. The van der Waals surface area contributed by atoms with Crippen LogP contribution >= 0.6 is 0 Å². The van der Waals surface area contributed by atoms with Gasteiger partial charge in [-0.1, -0.05) is 6.92 Å². The fourth-order valence-electron chi connectivity index (χ4n) is 10.3. The first-order valence-corrected chi connectivity index (χ1v) is 15.6. The minimum Gasteiger partial charge on any atom is -0.458 e. The van der Waals surface area contributed by atoms with E-state index in [9.17, 15) is 25.1 Å². The third kappa shape index (κ3) is 4.37. The number of carbonyl (C=O) groups is 2.